The number of nitrogens with zero attached hydrogens (tertiary/aromatic N) is 3. The van der Waals surface area contributed by atoms with Gasteiger partial charge in [0, 0.05) is 24.3 Å². The van der Waals surface area contributed by atoms with Gasteiger partial charge in [-0.3, -0.25) is 0 Å². The number of hydrogen-bond acceptors (Lipinski definition) is 4. The number of aromatic amines is 1. The highest BCUT2D eigenvalue weighted by molar-refractivity contribution is 6.30. The fourth-order valence-corrected chi connectivity index (χ4v) is 2.93. The van der Waals surface area contributed by atoms with Gasteiger partial charge in [-0.15, -0.1) is 0 Å². The van der Waals surface area contributed by atoms with Crippen LogP contribution in [0.2, 0.25) is 5.02 Å². The molecule has 0 amide bonds. The number of ether oxygens (including phenoxy) is 1. The highest BCUT2D eigenvalue weighted by Crippen LogP contribution is 2.28. The van der Waals surface area contributed by atoms with Gasteiger partial charge in [0.05, 0.1) is 18.5 Å². The molecule has 0 bridgehead atoms. The molecule has 1 aliphatic rings. The predicted molar refractivity (Wildman–Crippen MR) is 86.2 cm³/mol. The van der Waals surface area contributed by atoms with E-state index in [1.165, 1.54) is 0 Å². The van der Waals surface area contributed by atoms with Crippen LogP contribution in [0.15, 0.2) is 42.9 Å². The maximum Gasteiger partial charge on any atom is 0.156 e. The summed E-state index contributed by atoms with van der Waals surface area (Å²) < 4.78 is 5.91. The standard InChI is InChI=1S/C16H15ClN4O/c17-12-3-1-11(2-4-12)14-9-21(7-8-22-14)16-15-13(5-6-18-16)19-10-20-15/h1-6,10,14H,7-9H2,(H,19,20)/t14-/m0/s1. The first kappa shape index (κ1) is 13.5. The van der Waals surface area contributed by atoms with E-state index in [-0.39, 0.29) is 6.10 Å². The van der Waals surface area contributed by atoms with Crippen molar-refractivity contribution < 1.29 is 4.74 Å². The topological polar surface area (TPSA) is 54.0 Å². The second-order valence-electron chi connectivity index (χ2n) is 5.29. The van der Waals surface area contributed by atoms with E-state index in [9.17, 15) is 0 Å². The summed E-state index contributed by atoms with van der Waals surface area (Å²) in [6, 6.07) is 9.75. The summed E-state index contributed by atoms with van der Waals surface area (Å²) in [5, 5.41) is 0.736. The van der Waals surface area contributed by atoms with Crippen molar-refractivity contribution in [3.63, 3.8) is 0 Å². The quantitative estimate of drug-likeness (QED) is 0.789. The van der Waals surface area contributed by atoms with E-state index in [4.69, 9.17) is 16.3 Å². The Hall–Kier alpha value is -2.11. The third-order valence-corrected chi connectivity index (χ3v) is 4.18. The molecular formula is C16H15ClN4O. The monoisotopic (exact) mass is 314 g/mol. The van der Waals surface area contributed by atoms with E-state index in [0.717, 1.165) is 40.5 Å². The Kier molecular flexibility index (Phi) is 3.44. The van der Waals surface area contributed by atoms with Crippen LogP contribution in [0.5, 0.6) is 0 Å². The molecule has 3 aromatic rings. The summed E-state index contributed by atoms with van der Waals surface area (Å²) in [5.74, 6) is 0.904. The third-order valence-electron chi connectivity index (χ3n) is 3.93. The number of benzene rings is 1. The normalized spacial score (nSPS) is 18.8. The van der Waals surface area contributed by atoms with Crippen LogP contribution in [0.1, 0.15) is 11.7 Å². The van der Waals surface area contributed by atoms with E-state index >= 15 is 0 Å². The summed E-state index contributed by atoms with van der Waals surface area (Å²) in [6.45, 7) is 2.22. The number of aromatic nitrogens is 3. The van der Waals surface area contributed by atoms with Crippen LogP contribution in [0.25, 0.3) is 11.0 Å². The molecule has 1 aliphatic heterocycles. The molecule has 6 heteroatoms. The fourth-order valence-electron chi connectivity index (χ4n) is 2.81. The maximum absolute atomic E-state index is 5.96. The minimum Gasteiger partial charge on any atom is -0.370 e. The largest absolute Gasteiger partial charge is 0.370 e. The number of rotatable bonds is 2. The molecule has 1 N–H and O–H groups in total. The molecule has 112 valence electrons. The first-order chi connectivity index (χ1) is 10.8. The number of pyridine rings is 1. The van der Waals surface area contributed by atoms with Crippen LogP contribution in [0, 0.1) is 0 Å². The smallest absolute Gasteiger partial charge is 0.156 e. The Morgan fingerprint density at radius 2 is 2.05 bits per heavy atom. The lowest BCUT2D eigenvalue weighted by molar-refractivity contribution is 0.0396. The molecule has 1 fully saturated rings. The van der Waals surface area contributed by atoms with Gasteiger partial charge in [0.25, 0.3) is 0 Å². The van der Waals surface area contributed by atoms with Crippen molar-refractivity contribution in [1.82, 2.24) is 15.0 Å². The molecule has 1 aromatic carbocycles. The average molecular weight is 315 g/mol. The summed E-state index contributed by atoms with van der Waals surface area (Å²) in [7, 11) is 0. The van der Waals surface area contributed by atoms with Crippen molar-refractivity contribution in [2.75, 3.05) is 24.6 Å². The number of hydrogen-bond donors (Lipinski definition) is 1. The zero-order chi connectivity index (χ0) is 14.9. The molecule has 0 saturated carbocycles. The SMILES string of the molecule is Clc1ccc([C@@H]2CN(c3nccc4[nH]cnc34)CCO2)cc1. The Morgan fingerprint density at radius 3 is 2.91 bits per heavy atom. The van der Waals surface area contributed by atoms with Gasteiger partial charge in [-0.1, -0.05) is 23.7 Å². The van der Waals surface area contributed by atoms with Gasteiger partial charge in [0.2, 0.25) is 0 Å². The number of fused-ring (bicyclic) bond motifs is 1. The zero-order valence-corrected chi connectivity index (χ0v) is 12.6. The van der Waals surface area contributed by atoms with Crippen molar-refractivity contribution in [3.8, 4) is 0 Å². The molecule has 0 spiro atoms. The predicted octanol–water partition coefficient (Wildman–Crippen LogP) is 3.19. The van der Waals surface area contributed by atoms with Crippen LogP contribution < -0.4 is 4.90 Å². The van der Waals surface area contributed by atoms with E-state index < -0.39 is 0 Å². The molecule has 0 aliphatic carbocycles. The highest BCUT2D eigenvalue weighted by Gasteiger charge is 2.24. The molecule has 0 radical (unpaired) electrons. The van der Waals surface area contributed by atoms with E-state index in [1.54, 1.807) is 6.33 Å². The first-order valence-corrected chi connectivity index (χ1v) is 7.59. The Morgan fingerprint density at radius 1 is 1.18 bits per heavy atom. The molecule has 1 saturated heterocycles. The summed E-state index contributed by atoms with van der Waals surface area (Å²) in [5.41, 5.74) is 3.03. The summed E-state index contributed by atoms with van der Waals surface area (Å²) >= 11 is 5.96. The molecule has 3 heterocycles. The lowest BCUT2D eigenvalue weighted by Gasteiger charge is -2.34. The second-order valence-corrected chi connectivity index (χ2v) is 5.73. The molecule has 0 unspecified atom stereocenters. The van der Waals surface area contributed by atoms with E-state index in [2.05, 4.69) is 19.9 Å². The van der Waals surface area contributed by atoms with Crippen molar-refractivity contribution >= 4 is 28.5 Å². The number of nitrogens with one attached hydrogen (secondary N) is 1. The molecule has 1 atom stereocenters. The van der Waals surface area contributed by atoms with E-state index in [0.29, 0.717) is 6.61 Å². The van der Waals surface area contributed by atoms with Gasteiger partial charge in [-0.25, -0.2) is 9.97 Å². The Balaban J connectivity index is 1.63. The van der Waals surface area contributed by atoms with Crippen molar-refractivity contribution in [2.24, 2.45) is 0 Å². The average Bonchev–Trinajstić information content (AvgIpc) is 3.04. The maximum atomic E-state index is 5.96. The number of morpholine rings is 1. The van der Waals surface area contributed by atoms with E-state index in [1.807, 2.05) is 36.5 Å². The van der Waals surface area contributed by atoms with Gasteiger partial charge in [0.15, 0.2) is 5.82 Å². The first-order valence-electron chi connectivity index (χ1n) is 7.21. The van der Waals surface area contributed by atoms with Crippen LogP contribution in [-0.2, 0) is 4.74 Å². The third kappa shape index (κ3) is 2.42. The van der Waals surface area contributed by atoms with Crippen molar-refractivity contribution in [3.05, 3.63) is 53.4 Å². The molecule has 22 heavy (non-hydrogen) atoms. The van der Waals surface area contributed by atoms with Crippen molar-refractivity contribution in [2.45, 2.75) is 6.10 Å². The van der Waals surface area contributed by atoms with Crippen LogP contribution >= 0.6 is 11.6 Å². The second kappa shape index (κ2) is 5.59. The Labute approximate surface area is 132 Å². The lowest BCUT2D eigenvalue weighted by Crippen LogP contribution is -2.39. The molecule has 5 nitrogen and oxygen atoms in total. The van der Waals surface area contributed by atoms with Gasteiger partial charge >= 0.3 is 0 Å². The lowest BCUT2D eigenvalue weighted by atomic mass is 10.1. The number of H-pyrrole nitrogens is 1. The number of halogens is 1. The van der Waals surface area contributed by atoms with Crippen molar-refractivity contribution in [1.29, 1.82) is 0 Å². The van der Waals surface area contributed by atoms with Gasteiger partial charge in [-0.2, -0.15) is 0 Å². The zero-order valence-electron chi connectivity index (χ0n) is 11.9. The summed E-state index contributed by atoms with van der Waals surface area (Å²) in [6.07, 6.45) is 3.53. The molecular weight excluding hydrogens is 300 g/mol. The van der Waals surface area contributed by atoms with Gasteiger partial charge < -0.3 is 14.6 Å². The van der Waals surface area contributed by atoms with Gasteiger partial charge in [-0.05, 0) is 23.8 Å². The van der Waals surface area contributed by atoms with Crippen LogP contribution in [0.3, 0.4) is 0 Å². The summed E-state index contributed by atoms with van der Waals surface area (Å²) in [4.78, 5) is 14.2. The number of anilines is 1. The fraction of sp³-hybridized carbons (Fsp3) is 0.250. The van der Waals surface area contributed by atoms with Gasteiger partial charge in [0.1, 0.15) is 11.6 Å². The number of imidazole rings is 1. The highest BCUT2D eigenvalue weighted by atomic mass is 35.5. The minimum atomic E-state index is 0.0158. The molecule has 2 aromatic heterocycles. The minimum absolute atomic E-state index is 0.0158. The molecule has 4 rings (SSSR count). The Bertz CT molecular complexity index is 786. The van der Waals surface area contributed by atoms with Crippen LogP contribution in [-0.4, -0.2) is 34.6 Å². The van der Waals surface area contributed by atoms with Crippen LogP contribution in [0.4, 0.5) is 5.82 Å².